The van der Waals surface area contributed by atoms with Crippen LogP contribution in [-0.2, 0) is 11.2 Å². The number of nitrogens with one attached hydrogen (secondary N) is 4. The number of aromatic amines is 1. The summed E-state index contributed by atoms with van der Waals surface area (Å²) in [6, 6.07) is -1.05. The maximum Gasteiger partial charge on any atom is 0.226 e. The number of aliphatic hydroxyl groups excluding tert-OH is 2. The monoisotopic (exact) mass is 499 g/mol. The van der Waals surface area contributed by atoms with Gasteiger partial charge in [-0.25, -0.2) is 9.97 Å². The number of nitrogens with zero attached hydrogens (tertiary/aromatic N) is 5. The van der Waals surface area contributed by atoms with Crippen molar-refractivity contribution in [2.45, 2.75) is 77.7 Å². The second-order valence-electron chi connectivity index (χ2n) is 10.5. The van der Waals surface area contributed by atoms with Gasteiger partial charge in [-0.05, 0) is 18.3 Å². The van der Waals surface area contributed by atoms with Crippen molar-refractivity contribution in [1.29, 1.82) is 0 Å². The number of amides is 1. The number of carbonyl (C=O) groups is 1. The van der Waals surface area contributed by atoms with Crippen molar-refractivity contribution in [2.75, 3.05) is 23.7 Å². The zero-order valence-electron chi connectivity index (χ0n) is 21.3. The highest BCUT2D eigenvalue weighted by Gasteiger charge is 2.43. The molecule has 1 fully saturated rings. The molecular formula is C24H37N9O3. The van der Waals surface area contributed by atoms with Crippen LogP contribution >= 0.6 is 0 Å². The zero-order chi connectivity index (χ0) is 25.9. The first-order chi connectivity index (χ1) is 17.2. The average Bonchev–Trinajstić information content (AvgIpc) is 3.55. The van der Waals surface area contributed by atoms with Gasteiger partial charge in [0.15, 0.2) is 17.0 Å². The molecule has 0 aromatic carbocycles. The molecule has 12 nitrogen and oxygen atoms in total. The standard InChI is InChI=1S/C24H37N9O3/c1-5-17(34)30-15-10-16(20(36)19(15)35)33-13-29-18-21(26-9-7-24(2,3)4)31-23(32-22(18)33)27-8-6-14-11-25-12-28-14/h11-13,15-16,19-20,35-36H,5-10H2,1-4H3,(H,25,28)(H,30,34)(H2,26,27,31,32)/t15-,16+,19+,20-/m0/s1. The molecule has 1 amide bonds. The Labute approximate surface area is 210 Å². The maximum atomic E-state index is 11.9. The van der Waals surface area contributed by atoms with Gasteiger partial charge >= 0.3 is 0 Å². The summed E-state index contributed by atoms with van der Waals surface area (Å²) in [5.74, 6) is 0.876. The topological polar surface area (TPSA) is 166 Å². The van der Waals surface area contributed by atoms with E-state index < -0.39 is 24.3 Å². The molecule has 6 N–H and O–H groups in total. The lowest BCUT2D eigenvalue weighted by Crippen LogP contribution is -2.42. The Kier molecular flexibility index (Phi) is 7.74. The van der Waals surface area contributed by atoms with Crippen LogP contribution in [0.25, 0.3) is 11.2 Å². The molecule has 3 heterocycles. The molecule has 0 bridgehead atoms. The third-order valence-electron chi connectivity index (χ3n) is 6.50. The van der Waals surface area contributed by atoms with Gasteiger partial charge in [0.05, 0.1) is 24.7 Å². The van der Waals surface area contributed by atoms with Crippen LogP contribution in [0.5, 0.6) is 0 Å². The fourth-order valence-electron chi connectivity index (χ4n) is 4.38. The molecule has 1 aliphatic carbocycles. The second-order valence-corrected chi connectivity index (χ2v) is 10.5. The fraction of sp³-hybridized carbons (Fsp3) is 0.625. The van der Waals surface area contributed by atoms with Crippen LogP contribution in [0.3, 0.4) is 0 Å². The summed E-state index contributed by atoms with van der Waals surface area (Å²) in [6.45, 7) is 9.61. The molecule has 0 saturated heterocycles. The highest BCUT2D eigenvalue weighted by molar-refractivity contribution is 5.84. The van der Waals surface area contributed by atoms with Crippen molar-refractivity contribution < 1.29 is 15.0 Å². The number of anilines is 2. The lowest BCUT2D eigenvalue weighted by atomic mass is 9.92. The van der Waals surface area contributed by atoms with Crippen molar-refractivity contribution in [3.63, 3.8) is 0 Å². The largest absolute Gasteiger partial charge is 0.388 e. The summed E-state index contributed by atoms with van der Waals surface area (Å²) in [5.41, 5.74) is 2.29. The van der Waals surface area contributed by atoms with E-state index in [1.165, 1.54) is 0 Å². The van der Waals surface area contributed by atoms with E-state index >= 15 is 0 Å². The van der Waals surface area contributed by atoms with Crippen LogP contribution in [0.4, 0.5) is 11.8 Å². The Bertz CT molecular complexity index is 1160. The number of hydrogen-bond acceptors (Lipinski definition) is 9. The van der Waals surface area contributed by atoms with Crippen LogP contribution in [0, 0.1) is 5.41 Å². The molecule has 12 heteroatoms. The number of H-pyrrole nitrogens is 1. The van der Waals surface area contributed by atoms with E-state index in [4.69, 9.17) is 4.98 Å². The van der Waals surface area contributed by atoms with Crippen molar-refractivity contribution >= 4 is 28.8 Å². The smallest absolute Gasteiger partial charge is 0.226 e. The van der Waals surface area contributed by atoms with E-state index in [0.717, 1.165) is 18.5 Å². The van der Waals surface area contributed by atoms with Gasteiger partial charge in [-0.2, -0.15) is 9.97 Å². The zero-order valence-corrected chi connectivity index (χ0v) is 21.3. The van der Waals surface area contributed by atoms with E-state index in [1.54, 1.807) is 30.3 Å². The van der Waals surface area contributed by atoms with Crippen LogP contribution in [0.15, 0.2) is 18.9 Å². The van der Waals surface area contributed by atoms with Gasteiger partial charge in [-0.1, -0.05) is 27.7 Å². The van der Waals surface area contributed by atoms with Crippen molar-refractivity contribution in [2.24, 2.45) is 5.41 Å². The fourth-order valence-corrected chi connectivity index (χ4v) is 4.38. The number of hydrogen-bond donors (Lipinski definition) is 6. The molecule has 4 rings (SSSR count). The SMILES string of the molecule is CCC(=O)N[C@H]1C[C@@H](n2cnc3c(NCCC(C)(C)C)nc(NCCc4cnc[nH]4)nc32)[C@H](O)[C@@H]1O. The predicted molar refractivity (Wildman–Crippen MR) is 137 cm³/mol. The maximum absolute atomic E-state index is 11.9. The molecule has 196 valence electrons. The van der Waals surface area contributed by atoms with Crippen molar-refractivity contribution in [3.8, 4) is 0 Å². The summed E-state index contributed by atoms with van der Waals surface area (Å²) < 4.78 is 1.78. The highest BCUT2D eigenvalue weighted by atomic mass is 16.3. The van der Waals surface area contributed by atoms with Crippen LogP contribution in [-0.4, -0.2) is 76.9 Å². The summed E-state index contributed by atoms with van der Waals surface area (Å²) in [7, 11) is 0. The van der Waals surface area contributed by atoms with E-state index in [9.17, 15) is 15.0 Å². The number of imidazole rings is 2. The van der Waals surface area contributed by atoms with E-state index in [2.05, 4.69) is 56.7 Å². The van der Waals surface area contributed by atoms with Crippen molar-refractivity contribution in [1.82, 2.24) is 34.8 Å². The van der Waals surface area contributed by atoms with Gasteiger partial charge in [0.2, 0.25) is 11.9 Å². The number of aliphatic hydroxyl groups is 2. The van der Waals surface area contributed by atoms with E-state index in [1.807, 2.05) is 0 Å². The number of fused-ring (bicyclic) bond motifs is 1. The minimum atomic E-state index is -1.08. The number of rotatable bonds is 10. The molecule has 0 aliphatic heterocycles. The first-order valence-electron chi connectivity index (χ1n) is 12.5. The summed E-state index contributed by atoms with van der Waals surface area (Å²) in [6.07, 6.45) is 5.21. The quantitative estimate of drug-likeness (QED) is 0.243. The average molecular weight is 500 g/mol. The molecule has 36 heavy (non-hydrogen) atoms. The van der Waals surface area contributed by atoms with E-state index in [0.29, 0.717) is 48.9 Å². The molecule has 0 unspecified atom stereocenters. The van der Waals surface area contributed by atoms with Gasteiger partial charge in [0.25, 0.3) is 0 Å². The summed E-state index contributed by atoms with van der Waals surface area (Å²) in [4.78, 5) is 33.0. The van der Waals surface area contributed by atoms with Gasteiger partial charge in [-0.3, -0.25) is 4.79 Å². The summed E-state index contributed by atoms with van der Waals surface area (Å²) in [5, 5.41) is 30.9. The first kappa shape index (κ1) is 25.8. The predicted octanol–water partition coefficient (Wildman–Crippen LogP) is 1.61. The lowest BCUT2D eigenvalue weighted by molar-refractivity contribution is -0.122. The molecule has 1 aliphatic rings. The van der Waals surface area contributed by atoms with Crippen LogP contribution in [0.2, 0.25) is 0 Å². The Balaban J connectivity index is 1.60. The molecular weight excluding hydrogens is 462 g/mol. The molecule has 1 saturated carbocycles. The Morgan fingerprint density at radius 1 is 1.19 bits per heavy atom. The third-order valence-corrected chi connectivity index (χ3v) is 6.50. The Morgan fingerprint density at radius 2 is 2.00 bits per heavy atom. The highest BCUT2D eigenvalue weighted by Crippen LogP contribution is 2.34. The second kappa shape index (κ2) is 10.8. The normalized spacial score (nSPS) is 22.2. The molecule has 4 atom stereocenters. The van der Waals surface area contributed by atoms with Gasteiger partial charge in [0.1, 0.15) is 12.2 Å². The first-order valence-corrected chi connectivity index (χ1v) is 12.5. The minimum Gasteiger partial charge on any atom is -0.388 e. The Hall–Kier alpha value is -3.25. The number of carbonyl (C=O) groups excluding carboxylic acids is 1. The van der Waals surface area contributed by atoms with E-state index in [-0.39, 0.29) is 11.3 Å². The van der Waals surface area contributed by atoms with Gasteiger partial charge in [0, 0.05) is 37.8 Å². The Morgan fingerprint density at radius 3 is 2.69 bits per heavy atom. The molecule has 0 radical (unpaired) electrons. The summed E-state index contributed by atoms with van der Waals surface area (Å²) >= 11 is 0. The van der Waals surface area contributed by atoms with Crippen molar-refractivity contribution in [3.05, 3.63) is 24.5 Å². The van der Waals surface area contributed by atoms with Crippen LogP contribution < -0.4 is 16.0 Å². The van der Waals surface area contributed by atoms with Gasteiger partial charge in [-0.15, -0.1) is 0 Å². The lowest BCUT2D eigenvalue weighted by Gasteiger charge is -2.19. The number of aromatic nitrogens is 6. The third kappa shape index (κ3) is 5.93. The van der Waals surface area contributed by atoms with Gasteiger partial charge < -0.3 is 35.7 Å². The van der Waals surface area contributed by atoms with Crippen LogP contribution in [0.1, 0.15) is 58.7 Å². The molecule has 0 spiro atoms. The minimum absolute atomic E-state index is 0.158. The molecule has 3 aromatic heterocycles. The molecule has 3 aromatic rings.